The van der Waals surface area contributed by atoms with Crippen LogP contribution in [0.4, 0.5) is 0 Å². The van der Waals surface area contributed by atoms with E-state index in [1.807, 2.05) is 18.2 Å². The van der Waals surface area contributed by atoms with Crippen molar-refractivity contribution in [3.63, 3.8) is 0 Å². The molecular weight excluding hydrogens is 550 g/mol. The van der Waals surface area contributed by atoms with Crippen molar-refractivity contribution in [3.05, 3.63) is 168 Å². The third kappa shape index (κ3) is 4.38. The number of nitrogens with one attached hydrogen (secondary N) is 1. The zero-order chi connectivity index (χ0) is 29.7. The highest BCUT2D eigenvalue weighted by Crippen LogP contribution is 2.41. The Hall–Kier alpha value is -6.00. The third-order valence-corrected chi connectivity index (χ3v) is 8.71. The Bertz CT molecular complexity index is 2380. The number of hydrogen-bond acceptors (Lipinski definition) is 4. The monoisotopic (exact) mass is 577 g/mol. The first-order valence-electron chi connectivity index (χ1n) is 15.2. The predicted octanol–water partition coefficient (Wildman–Crippen LogP) is 10.1. The van der Waals surface area contributed by atoms with Crippen molar-refractivity contribution < 1.29 is 4.42 Å². The molecule has 0 saturated carbocycles. The molecule has 9 rings (SSSR count). The summed E-state index contributed by atoms with van der Waals surface area (Å²) in [6, 6.07) is 52.8. The standard InChI is InChI=1S/C41H27N3O/c1-2-12-28(13-3-1)33-22-23-35(37-34-16-8-9-17-36(34)45-38(33)37)41-43-39(31-20-18-26-10-4-6-14-29(26)24-31)42-40(44-41)32-21-19-27-11-5-7-15-30(27)25-32/h1-25,41H,(H,42,43,44). The van der Waals surface area contributed by atoms with Gasteiger partial charge in [-0.1, -0.05) is 133 Å². The quantitative estimate of drug-likeness (QED) is 0.226. The lowest BCUT2D eigenvalue weighted by Gasteiger charge is -2.23. The Morgan fingerprint density at radius 1 is 0.489 bits per heavy atom. The van der Waals surface area contributed by atoms with E-state index in [9.17, 15) is 0 Å². The zero-order valence-electron chi connectivity index (χ0n) is 24.3. The van der Waals surface area contributed by atoms with E-state index in [2.05, 4.69) is 139 Å². The minimum Gasteiger partial charge on any atom is -0.455 e. The Labute approximate surface area is 260 Å². The fraction of sp³-hybridized carbons (Fsp3) is 0.0244. The molecular formula is C41H27N3O. The number of fused-ring (bicyclic) bond motifs is 5. The van der Waals surface area contributed by atoms with Gasteiger partial charge in [0.15, 0.2) is 6.17 Å². The Morgan fingerprint density at radius 3 is 1.73 bits per heavy atom. The van der Waals surface area contributed by atoms with E-state index in [1.54, 1.807) is 0 Å². The van der Waals surface area contributed by atoms with Gasteiger partial charge in [0.25, 0.3) is 0 Å². The smallest absolute Gasteiger partial charge is 0.170 e. The zero-order valence-corrected chi connectivity index (χ0v) is 24.3. The summed E-state index contributed by atoms with van der Waals surface area (Å²) in [6.07, 6.45) is -0.484. The van der Waals surface area contributed by atoms with E-state index in [0.717, 1.165) is 61.4 Å². The minimum absolute atomic E-state index is 0.484. The number of rotatable bonds is 4. The van der Waals surface area contributed by atoms with Gasteiger partial charge in [0.05, 0.1) is 0 Å². The average Bonchev–Trinajstić information content (AvgIpc) is 3.51. The Morgan fingerprint density at radius 2 is 1.07 bits per heavy atom. The van der Waals surface area contributed by atoms with Gasteiger partial charge in [-0.3, -0.25) is 0 Å². The summed E-state index contributed by atoms with van der Waals surface area (Å²) in [5.74, 6) is 1.58. The summed E-state index contributed by atoms with van der Waals surface area (Å²) < 4.78 is 6.58. The van der Waals surface area contributed by atoms with Gasteiger partial charge in [0.1, 0.15) is 22.8 Å². The van der Waals surface area contributed by atoms with Crippen molar-refractivity contribution in [3.8, 4) is 11.1 Å². The van der Waals surface area contributed by atoms with Gasteiger partial charge in [0.2, 0.25) is 0 Å². The fourth-order valence-corrected chi connectivity index (χ4v) is 6.47. The predicted molar refractivity (Wildman–Crippen MR) is 186 cm³/mol. The second-order valence-electron chi connectivity index (χ2n) is 11.4. The summed E-state index contributed by atoms with van der Waals surface area (Å²) in [5, 5.41) is 10.4. The van der Waals surface area contributed by atoms with Gasteiger partial charge in [0, 0.05) is 33.0 Å². The summed E-state index contributed by atoms with van der Waals surface area (Å²) in [7, 11) is 0. The van der Waals surface area contributed by atoms with E-state index in [1.165, 1.54) is 21.5 Å². The summed E-state index contributed by atoms with van der Waals surface area (Å²) >= 11 is 0. The molecule has 2 heterocycles. The van der Waals surface area contributed by atoms with Crippen LogP contribution in [0.3, 0.4) is 0 Å². The summed E-state index contributed by atoms with van der Waals surface area (Å²) in [4.78, 5) is 10.6. The molecule has 212 valence electrons. The molecule has 7 aromatic carbocycles. The van der Waals surface area contributed by atoms with Crippen LogP contribution in [0.5, 0.6) is 0 Å². The first-order valence-corrected chi connectivity index (χ1v) is 15.2. The van der Waals surface area contributed by atoms with Crippen LogP contribution in [0.25, 0.3) is 54.6 Å². The summed E-state index contributed by atoms with van der Waals surface area (Å²) in [6.45, 7) is 0. The molecule has 0 spiro atoms. The lowest BCUT2D eigenvalue weighted by Crippen LogP contribution is -2.36. The third-order valence-electron chi connectivity index (χ3n) is 8.71. The molecule has 0 saturated heterocycles. The molecule has 0 amide bonds. The second kappa shape index (κ2) is 10.3. The normalized spacial score (nSPS) is 13.7. The van der Waals surface area contributed by atoms with Crippen molar-refractivity contribution >= 4 is 55.2 Å². The highest BCUT2D eigenvalue weighted by molar-refractivity contribution is 6.18. The number of benzene rings is 7. The molecule has 1 aliphatic rings. The van der Waals surface area contributed by atoms with Gasteiger partial charge in [-0.2, -0.15) is 0 Å². The highest BCUT2D eigenvalue weighted by Gasteiger charge is 2.25. The molecule has 0 atom stereocenters. The fourth-order valence-electron chi connectivity index (χ4n) is 6.47. The first-order chi connectivity index (χ1) is 22.3. The number of furan rings is 1. The molecule has 1 aromatic heterocycles. The van der Waals surface area contributed by atoms with Gasteiger partial charge in [-0.05, 0) is 45.3 Å². The van der Waals surface area contributed by atoms with E-state index in [-0.39, 0.29) is 0 Å². The lowest BCUT2D eigenvalue weighted by atomic mass is 9.97. The van der Waals surface area contributed by atoms with Crippen molar-refractivity contribution in [1.82, 2.24) is 5.32 Å². The van der Waals surface area contributed by atoms with Crippen LogP contribution in [0, 0.1) is 0 Å². The van der Waals surface area contributed by atoms with Gasteiger partial charge in [-0.15, -0.1) is 0 Å². The molecule has 0 bridgehead atoms. The molecule has 0 unspecified atom stereocenters. The molecule has 0 aliphatic carbocycles. The lowest BCUT2D eigenvalue weighted by molar-refractivity contribution is 0.668. The SMILES string of the molecule is c1ccc(-c2ccc(C3N=C(c4ccc5ccccc5c4)NC(c4ccc5ccccc5c4)=N3)c3c2oc2ccccc23)cc1. The average molecular weight is 578 g/mol. The molecule has 0 fully saturated rings. The van der Waals surface area contributed by atoms with Crippen LogP contribution >= 0.6 is 0 Å². The van der Waals surface area contributed by atoms with E-state index < -0.39 is 6.17 Å². The number of nitrogens with zero attached hydrogens (tertiary/aromatic N) is 2. The van der Waals surface area contributed by atoms with E-state index in [0.29, 0.717) is 0 Å². The van der Waals surface area contributed by atoms with Crippen molar-refractivity contribution in [2.24, 2.45) is 9.98 Å². The molecule has 4 heteroatoms. The minimum atomic E-state index is -0.484. The largest absolute Gasteiger partial charge is 0.455 e. The summed E-state index contributed by atoms with van der Waals surface area (Å²) in [5.41, 5.74) is 6.90. The van der Waals surface area contributed by atoms with Crippen molar-refractivity contribution in [2.75, 3.05) is 0 Å². The molecule has 1 aliphatic heterocycles. The first kappa shape index (κ1) is 25.5. The van der Waals surface area contributed by atoms with Crippen LogP contribution < -0.4 is 5.32 Å². The molecule has 4 nitrogen and oxygen atoms in total. The topological polar surface area (TPSA) is 49.9 Å². The molecule has 45 heavy (non-hydrogen) atoms. The second-order valence-corrected chi connectivity index (χ2v) is 11.4. The maximum Gasteiger partial charge on any atom is 0.170 e. The van der Waals surface area contributed by atoms with Gasteiger partial charge >= 0.3 is 0 Å². The van der Waals surface area contributed by atoms with Crippen molar-refractivity contribution in [1.29, 1.82) is 0 Å². The van der Waals surface area contributed by atoms with Crippen LogP contribution in [-0.4, -0.2) is 11.7 Å². The number of amidine groups is 2. The maximum atomic E-state index is 6.58. The van der Waals surface area contributed by atoms with Crippen molar-refractivity contribution in [2.45, 2.75) is 6.17 Å². The molecule has 8 aromatic rings. The molecule has 0 radical (unpaired) electrons. The van der Waals surface area contributed by atoms with E-state index >= 15 is 0 Å². The number of hydrogen-bond donors (Lipinski definition) is 1. The Balaban J connectivity index is 1.27. The maximum absolute atomic E-state index is 6.58. The Kier molecular flexibility index (Phi) is 5.85. The van der Waals surface area contributed by atoms with Gasteiger partial charge < -0.3 is 9.73 Å². The van der Waals surface area contributed by atoms with Crippen LogP contribution in [0.15, 0.2) is 166 Å². The number of aliphatic imine (C=N–C) groups is 2. The van der Waals surface area contributed by atoms with Crippen LogP contribution in [-0.2, 0) is 0 Å². The van der Waals surface area contributed by atoms with E-state index in [4.69, 9.17) is 14.4 Å². The van der Waals surface area contributed by atoms with Crippen LogP contribution in [0.2, 0.25) is 0 Å². The van der Waals surface area contributed by atoms with Gasteiger partial charge in [-0.25, -0.2) is 9.98 Å². The number of para-hydroxylation sites is 1. The van der Waals surface area contributed by atoms with Crippen LogP contribution in [0.1, 0.15) is 22.9 Å². The molecule has 1 N–H and O–H groups in total. The highest BCUT2D eigenvalue weighted by atomic mass is 16.3.